The number of hydrogen-bond acceptors (Lipinski definition) is 3. The molecule has 5 heteroatoms. The highest BCUT2D eigenvalue weighted by molar-refractivity contribution is 5.79. The fourth-order valence-corrected chi connectivity index (χ4v) is 3.15. The predicted molar refractivity (Wildman–Crippen MR) is 76.0 cm³/mol. The maximum absolute atomic E-state index is 14.2. The Labute approximate surface area is 118 Å². The lowest BCUT2D eigenvalue weighted by Crippen LogP contribution is -2.51. The number of carbonyl (C=O) groups is 1. The summed E-state index contributed by atoms with van der Waals surface area (Å²) in [7, 11) is 0. The normalized spacial score (nSPS) is 23.9. The summed E-state index contributed by atoms with van der Waals surface area (Å²) in [6.45, 7) is 3.95. The topological polar surface area (TPSA) is 49.6 Å². The van der Waals surface area contributed by atoms with Crippen molar-refractivity contribution in [1.82, 2.24) is 4.90 Å². The lowest BCUT2D eigenvalue weighted by molar-refractivity contribution is -0.129. The molecule has 0 bridgehead atoms. The largest absolute Gasteiger partial charge is 0.365 e. The van der Waals surface area contributed by atoms with Gasteiger partial charge in [-0.05, 0) is 31.0 Å². The van der Waals surface area contributed by atoms with E-state index in [1.807, 2.05) is 22.8 Å². The molecule has 2 aliphatic heterocycles. The molecule has 1 amide bonds. The minimum atomic E-state index is -0.224. The highest BCUT2D eigenvalue weighted by atomic mass is 19.1. The Hall–Kier alpha value is -1.62. The molecule has 2 atom stereocenters. The first kappa shape index (κ1) is 13.4. The van der Waals surface area contributed by atoms with Crippen LogP contribution in [0.5, 0.6) is 0 Å². The second-order valence-corrected chi connectivity index (χ2v) is 5.73. The van der Waals surface area contributed by atoms with Crippen molar-refractivity contribution in [3.8, 4) is 0 Å². The smallest absolute Gasteiger partial charge is 0.223 e. The van der Waals surface area contributed by atoms with Gasteiger partial charge in [0, 0.05) is 38.1 Å². The Kier molecular flexibility index (Phi) is 3.38. The summed E-state index contributed by atoms with van der Waals surface area (Å²) in [5.41, 5.74) is 7.20. The molecular formula is C15H20FN3O. The van der Waals surface area contributed by atoms with Crippen LogP contribution in [0.4, 0.5) is 10.1 Å². The van der Waals surface area contributed by atoms with E-state index in [0.717, 1.165) is 18.5 Å². The third-order valence-corrected chi connectivity index (χ3v) is 4.33. The maximum Gasteiger partial charge on any atom is 0.223 e. The van der Waals surface area contributed by atoms with E-state index in [9.17, 15) is 9.18 Å². The lowest BCUT2D eigenvalue weighted by atomic mass is 10.1. The van der Waals surface area contributed by atoms with E-state index in [0.29, 0.717) is 25.2 Å². The van der Waals surface area contributed by atoms with Gasteiger partial charge in [-0.1, -0.05) is 6.07 Å². The molecule has 2 unspecified atom stereocenters. The number of amides is 1. The zero-order chi connectivity index (χ0) is 14.3. The van der Waals surface area contributed by atoms with Gasteiger partial charge in [0.25, 0.3) is 0 Å². The number of hydrogen-bond donors (Lipinski definition) is 1. The van der Waals surface area contributed by atoms with Crippen molar-refractivity contribution in [3.05, 3.63) is 29.6 Å². The van der Waals surface area contributed by atoms with Crippen LogP contribution in [0, 0.1) is 5.82 Å². The lowest BCUT2D eigenvalue weighted by Gasteiger charge is -2.39. The maximum atomic E-state index is 14.2. The van der Waals surface area contributed by atoms with Gasteiger partial charge in [-0.3, -0.25) is 4.79 Å². The zero-order valence-corrected chi connectivity index (χ0v) is 11.7. The van der Waals surface area contributed by atoms with E-state index in [1.54, 1.807) is 6.07 Å². The van der Waals surface area contributed by atoms with Crippen molar-refractivity contribution in [1.29, 1.82) is 0 Å². The summed E-state index contributed by atoms with van der Waals surface area (Å²) in [4.78, 5) is 15.6. The third-order valence-electron chi connectivity index (χ3n) is 4.33. The average molecular weight is 277 g/mol. The van der Waals surface area contributed by atoms with Gasteiger partial charge in [0.2, 0.25) is 5.91 Å². The number of benzene rings is 1. The van der Waals surface area contributed by atoms with Gasteiger partial charge >= 0.3 is 0 Å². The predicted octanol–water partition coefficient (Wildman–Crippen LogP) is 1.66. The minimum absolute atomic E-state index is 0.164. The Morgan fingerprint density at radius 1 is 1.40 bits per heavy atom. The van der Waals surface area contributed by atoms with Crippen LogP contribution < -0.4 is 10.6 Å². The molecule has 108 valence electrons. The Bertz CT molecular complexity index is 532. The molecule has 1 aromatic rings. The summed E-state index contributed by atoms with van der Waals surface area (Å²) in [6.07, 6.45) is 1.51. The highest BCUT2D eigenvalue weighted by Gasteiger charge is 2.36. The first-order valence-corrected chi connectivity index (χ1v) is 7.15. The summed E-state index contributed by atoms with van der Waals surface area (Å²) in [5, 5.41) is 0. The Morgan fingerprint density at radius 3 is 2.90 bits per heavy atom. The number of nitrogens with zero attached hydrogens (tertiary/aromatic N) is 2. The first-order valence-electron chi connectivity index (χ1n) is 7.15. The van der Waals surface area contributed by atoms with Gasteiger partial charge in [0.15, 0.2) is 0 Å². The number of piperazine rings is 1. The van der Waals surface area contributed by atoms with Crippen LogP contribution in [0.25, 0.3) is 0 Å². The van der Waals surface area contributed by atoms with Crippen LogP contribution >= 0.6 is 0 Å². The number of fused-ring (bicyclic) bond motifs is 1. The molecule has 0 aliphatic carbocycles. The summed E-state index contributed by atoms with van der Waals surface area (Å²) < 4.78 is 14.2. The molecule has 1 aromatic carbocycles. The Balaban J connectivity index is 1.79. The molecule has 0 radical (unpaired) electrons. The first-order chi connectivity index (χ1) is 9.56. The van der Waals surface area contributed by atoms with Crippen LogP contribution in [0.2, 0.25) is 0 Å². The van der Waals surface area contributed by atoms with Gasteiger partial charge in [-0.2, -0.15) is 0 Å². The van der Waals surface area contributed by atoms with E-state index in [1.165, 1.54) is 6.07 Å². The molecule has 4 nitrogen and oxygen atoms in total. The van der Waals surface area contributed by atoms with Gasteiger partial charge in [0.05, 0.1) is 5.69 Å². The summed E-state index contributed by atoms with van der Waals surface area (Å²) in [5.74, 6) is 0.0139. The summed E-state index contributed by atoms with van der Waals surface area (Å²) >= 11 is 0. The number of anilines is 1. The minimum Gasteiger partial charge on any atom is -0.365 e. The van der Waals surface area contributed by atoms with Gasteiger partial charge < -0.3 is 15.5 Å². The zero-order valence-electron chi connectivity index (χ0n) is 11.7. The van der Waals surface area contributed by atoms with Crippen LogP contribution in [-0.4, -0.2) is 36.5 Å². The van der Waals surface area contributed by atoms with Crippen LogP contribution in [-0.2, 0) is 4.79 Å². The molecule has 0 aromatic heterocycles. The van der Waals surface area contributed by atoms with E-state index in [4.69, 9.17) is 5.73 Å². The van der Waals surface area contributed by atoms with Crippen LogP contribution in [0.1, 0.15) is 31.4 Å². The summed E-state index contributed by atoms with van der Waals surface area (Å²) in [6, 6.07) is 5.29. The standard InChI is InChI=1S/C15H20FN3O/c1-10(17)11-2-4-14(13(16)8-11)18-6-7-19-12(9-18)3-5-15(19)20/h2,4,8,10,12H,3,5-7,9,17H2,1H3. The van der Waals surface area contributed by atoms with E-state index >= 15 is 0 Å². The van der Waals surface area contributed by atoms with Crippen LogP contribution in [0.3, 0.4) is 0 Å². The second kappa shape index (κ2) is 5.05. The van der Waals surface area contributed by atoms with Gasteiger partial charge in [-0.15, -0.1) is 0 Å². The van der Waals surface area contributed by atoms with Crippen molar-refractivity contribution in [3.63, 3.8) is 0 Å². The van der Waals surface area contributed by atoms with Crippen molar-refractivity contribution < 1.29 is 9.18 Å². The van der Waals surface area contributed by atoms with Gasteiger partial charge in [-0.25, -0.2) is 4.39 Å². The Morgan fingerprint density at radius 2 is 2.20 bits per heavy atom. The highest BCUT2D eigenvalue weighted by Crippen LogP contribution is 2.29. The molecule has 2 aliphatic rings. The molecule has 2 fully saturated rings. The monoisotopic (exact) mass is 277 g/mol. The van der Waals surface area contributed by atoms with Crippen molar-refractivity contribution in [2.75, 3.05) is 24.5 Å². The quantitative estimate of drug-likeness (QED) is 0.894. The van der Waals surface area contributed by atoms with Crippen molar-refractivity contribution >= 4 is 11.6 Å². The van der Waals surface area contributed by atoms with Crippen molar-refractivity contribution in [2.24, 2.45) is 5.73 Å². The van der Waals surface area contributed by atoms with Crippen LogP contribution in [0.15, 0.2) is 18.2 Å². The van der Waals surface area contributed by atoms with Crippen molar-refractivity contribution in [2.45, 2.75) is 31.8 Å². The number of rotatable bonds is 2. The molecule has 2 N–H and O–H groups in total. The average Bonchev–Trinajstić information content (AvgIpc) is 2.79. The van der Waals surface area contributed by atoms with E-state index in [-0.39, 0.29) is 23.8 Å². The fourth-order valence-electron chi connectivity index (χ4n) is 3.15. The van der Waals surface area contributed by atoms with E-state index in [2.05, 4.69) is 0 Å². The molecule has 20 heavy (non-hydrogen) atoms. The van der Waals surface area contributed by atoms with Gasteiger partial charge in [0.1, 0.15) is 5.82 Å². The molecule has 2 saturated heterocycles. The number of nitrogens with two attached hydrogens (primary N) is 1. The third kappa shape index (κ3) is 2.26. The molecule has 0 saturated carbocycles. The van der Waals surface area contributed by atoms with E-state index < -0.39 is 0 Å². The number of halogens is 1. The fraction of sp³-hybridized carbons (Fsp3) is 0.533. The SMILES string of the molecule is CC(N)c1ccc(N2CCN3C(=O)CCC3C2)c(F)c1. The molecule has 0 spiro atoms. The molecular weight excluding hydrogens is 257 g/mol. The molecule has 2 heterocycles. The molecule has 3 rings (SSSR count). The second-order valence-electron chi connectivity index (χ2n) is 5.73. The number of carbonyl (C=O) groups excluding carboxylic acids is 1.